The molecular weight excluding hydrogens is 185 g/mol. The summed E-state index contributed by atoms with van der Waals surface area (Å²) in [5.41, 5.74) is 0.400. The number of alkyl halides is 1. The van der Waals surface area contributed by atoms with Gasteiger partial charge in [0.05, 0.1) is 11.9 Å². The van der Waals surface area contributed by atoms with Gasteiger partial charge in [-0.2, -0.15) is 0 Å². The molecule has 0 saturated carbocycles. The Hall–Kier alpha value is -0.440. The summed E-state index contributed by atoms with van der Waals surface area (Å²) < 4.78 is 12.5. The molecule has 0 fully saturated rings. The lowest BCUT2D eigenvalue weighted by molar-refractivity contribution is 0.608. The Morgan fingerprint density at radius 1 is 1.78 bits per heavy atom. The minimum atomic E-state index is -0.286. The SMILES string of the molecule is Fc1cc[c]nc1CBr. The second-order valence-electron chi connectivity index (χ2n) is 1.50. The van der Waals surface area contributed by atoms with E-state index in [1.165, 1.54) is 12.1 Å². The molecule has 0 aliphatic heterocycles. The lowest BCUT2D eigenvalue weighted by Gasteiger charge is -1.92. The Morgan fingerprint density at radius 3 is 3.00 bits per heavy atom. The standard InChI is InChI=1S/C6H4BrFN/c7-4-6-5(8)2-1-3-9-6/h1-2H,4H2. The van der Waals surface area contributed by atoms with Crippen LogP contribution < -0.4 is 0 Å². The van der Waals surface area contributed by atoms with Crippen molar-refractivity contribution in [3.8, 4) is 0 Å². The van der Waals surface area contributed by atoms with Crippen LogP contribution in [0.3, 0.4) is 0 Å². The number of nitrogens with zero attached hydrogens (tertiary/aromatic N) is 1. The molecule has 1 radical (unpaired) electrons. The van der Waals surface area contributed by atoms with Crippen molar-refractivity contribution in [2.45, 2.75) is 5.33 Å². The van der Waals surface area contributed by atoms with Crippen LogP contribution in [0.1, 0.15) is 5.69 Å². The maximum atomic E-state index is 12.5. The van der Waals surface area contributed by atoms with Gasteiger partial charge in [0.1, 0.15) is 5.82 Å². The van der Waals surface area contributed by atoms with Crippen LogP contribution >= 0.6 is 15.9 Å². The summed E-state index contributed by atoms with van der Waals surface area (Å²) >= 11 is 3.09. The molecule has 0 unspecified atom stereocenters. The third-order valence-electron chi connectivity index (χ3n) is 0.906. The van der Waals surface area contributed by atoms with Crippen molar-refractivity contribution in [1.29, 1.82) is 0 Å². The summed E-state index contributed by atoms with van der Waals surface area (Å²) in [6, 6.07) is 2.78. The molecular formula is C6H4BrFN. The van der Waals surface area contributed by atoms with Gasteiger partial charge in [0.15, 0.2) is 0 Å². The number of halogens is 2. The quantitative estimate of drug-likeness (QED) is 0.615. The number of aromatic nitrogens is 1. The van der Waals surface area contributed by atoms with Crippen LogP contribution in [0.5, 0.6) is 0 Å². The zero-order chi connectivity index (χ0) is 6.69. The van der Waals surface area contributed by atoms with E-state index in [2.05, 4.69) is 27.1 Å². The van der Waals surface area contributed by atoms with Gasteiger partial charge in [-0.1, -0.05) is 15.9 Å². The van der Waals surface area contributed by atoms with E-state index in [-0.39, 0.29) is 5.82 Å². The van der Waals surface area contributed by atoms with Crippen molar-refractivity contribution >= 4 is 15.9 Å². The lowest BCUT2D eigenvalue weighted by Crippen LogP contribution is -1.88. The molecule has 0 atom stereocenters. The summed E-state index contributed by atoms with van der Waals surface area (Å²) in [7, 11) is 0. The number of hydrogen-bond acceptors (Lipinski definition) is 1. The van der Waals surface area contributed by atoms with Crippen molar-refractivity contribution < 1.29 is 4.39 Å². The molecule has 9 heavy (non-hydrogen) atoms. The Bertz CT molecular complexity index is 202. The van der Waals surface area contributed by atoms with Crippen LogP contribution in [0.2, 0.25) is 0 Å². The Balaban J connectivity index is 3.01. The predicted octanol–water partition coefficient (Wildman–Crippen LogP) is 1.92. The summed E-state index contributed by atoms with van der Waals surface area (Å²) in [5.74, 6) is -0.286. The molecule has 0 aliphatic rings. The third-order valence-corrected chi connectivity index (χ3v) is 1.44. The van der Waals surface area contributed by atoms with Gasteiger partial charge >= 0.3 is 0 Å². The molecule has 1 aromatic rings. The van der Waals surface area contributed by atoms with Crippen LogP contribution in [-0.2, 0) is 5.33 Å². The molecule has 1 aromatic heterocycles. The maximum Gasteiger partial charge on any atom is 0.145 e. The minimum Gasteiger partial charge on any atom is -0.247 e. The fourth-order valence-electron chi connectivity index (χ4n) is 0.469. The first-order valence-corrected chi connectivity index (χ1v) is 3.54. The molecule has 0 saturated heterocycles. The molecule has 0 amide bonds. The van der Waals surface area contributed by atoms with E-state index in [1.807, 2.05) is 0 Å². The monoisotopic (exact) mass is 188 g/mol. The highest BCUT2D eigenvalue weighted by molar-refractivity contribution is 9.08. The van der Waals surface area contributed by atoms with Gasteiger partial charge < -0.3 is 0 Å². The zero-order valence-electron chi connectivity index (χ0n) is 4.56. The molecule has 0 spiro atoms. The average Bonchev–Trinajstić information content (AvgIpc) is 1.89. The lowest BCUT2D eigenvalue weighted by atomic mass is 10.4. The molecule has 1 rings (SSSR count). The van der Waals surface area contributed by atoms with Crippen molar-refractivity contribution in [2.24, 2.45) is 0 Å². The Labute approximate surface area is 61.0 Å². The molecule has 47 valence electrons. The van der Waals surface area contributed by atoms with E-state index >= 15 is 0 Å². The Morgan fingerprint density at radius 2 is 2.56 bits per heavy atom. The Kier molecular flexibility index (Phi) is 2.16. The second kappa shape index (κ2) is 2.92. The smallest absolute Gasteiger partial charge is 0.145 e. The number of rotatable bonds is 1. The average molecular weight is 189 g/mol. The van der Waals surface area contributed by atoms with E-state index in [0.29, 0.717) is 11.0 Å². The summed E-state index contributed by atoms with van der Waals surface area (Å²) in [6.07, 6.45) is 2.53. The van der Waals surface area contributed by atoms with Crippen LogP contribution in [0.4, 0.5) is 4.39 Å². The van der Waals surface area contributed by atoms with E-state index < -0.39 is 0 Å². The predicted molar refractivity (Wildman–Crippen MR) is 35.7 cm³/mol. The van der Waals surface area contributed by atoms with Crippen molar-refractivity contribution in [3.63, 3.8) is 0 Å². The number of pyridine rings is 1. The van der Waals surface area contributed by atoms with Gasteiger partial charge in [0.2, 0.25) is 0 Å². The molecule has 0 aliphatic carbocycles. The normalized spacial score (nSPS) is 9.56. The first-order valence-electron chi connectivity index (χ1n) is 2.42. The van der Waals surface area contributed by atoms with E-state index in [9.17, 15) is 4.39 Å². The van der Waals surface area contributed by atoms with Crippen LogP contribution in [0, 0.1) is 12.0 Å². The highest BCUT2D eigenvalue weighted by Gasteiger charge is 1.97. The van der Waals surface area contributed by atoms with Gasteiger partial charge in [-0.15, -0.1) is 0 Å². The topological polar surface area (TPSA) is 12.9 Å². The first kappa shape index (κ1) is 6.68. The van der Waals surface area contributed by atoms with E-state index in [4.69, 9.17) is 0 Å². The second-order valence-corrected chi connectivity index (χ2v) is 2.06. The van der Waals surface area contributed by atoms with Crippen LogP contribution in [0.15, 0.2) is 12.1 Å². The molecule has 1 nitrogen and oxygen atoms in total. The largest absolute Gasteiger partial charge is 0.247 e. The highest BCUT2D eigenvalue weighted by Crippen LogP contribution is 2.05. The third kappa shape index (κ3) is 1.48. The zero-order valence-corrected chi connectivity index (χ0v) is 6.15. The molecule has 1 heterocycles. The van der Waals surface area contributed by atoms with Crippen molar-refractivity contribution in [3.05, 3.63) is 29.8 Å². The van der Waals surface area contributed by atoms with E-state index in [0.717, 1.165) is 0 Å². The summed E-state index contributed by atoms with van der Waals surface area (Å²) in [4.78, 5) is 3.65. The van der Waals surface area contributed by atoms with Gasteiger partial charge in [0, 0.05) is 5.33 Å². The van der Waals surface area contributed by atoms with Crippen LogP contribution in [-0.4, -0.2) is 4.98 Å². The fourth-order valence-corrected chi connectivity index (χ4v) is 0.862. The summed E-state index contributed by atoms with van der Waals surface area (Å²) in [5, 5.41) is 0.441. The summed E-state index contributed by atoms with van der Waals surface area (Å²) in [6.45, 7) is 0. The van der Waals surface area contributed by atoms with Gasteiger partial charge in [-0.05, 0) is 12.1 Å². The fraction of sp³-hybridized carbons (Fsp3) is 0.167. The van der Waals surface area contributed by atoms with Crippen molar-refractivity contribution in [1.82, 2.24) is 4.98 Å². The van der Waals surface area contributed by atoms with Gasteiger partial charge in [-0.25, -0.2) is 9.37 Å². The van der Waals surface area contributed by atoms with Crippen LogP contribution in [0.25, 0.3) is 0 Å². The molecule has 3 heteroatoms. The van der Waals surface area contributed by atoms with Gasteiger partial charge in [-0.3, -0.25) is 0 Å². The molecule has 0 aromatic carbocycles. The first-order chi connectivity index (χ1) is 4.34. The maximum absolute atomic E-state index is 12.5. The van der Waals surface area contributed by atoms with Crippen molar-refractivity contribution in [2.75, 3.05) is 0 Å². The van der Waals surface area contributed by atoms with E-state index in [1.54, 1.807) is 0 Å². The number of hydrogen-bond donors (Lipinski definition) is 0. The highest BCUT2D eigenvalue weighted by atomic mass is 79.9. The molecule has 0 bridgehead atoms. The molecule has 0 N–H and O–H groups in total. The minimum absolute atomic E-state index is 0.286. The van der Waals surface area contributed by atoms with Gasteiger partial charge in [0.25, 0.3) is 0 Å².